The minimum absolute atomic E-state index is 0.107. The molecule has 0 N–H and O–H groups in total. The Hall–Kier alpha value is -2.80. The van der Waals surface area contributed by atoms with E-state index in [1.54, 1.807) is 0 Å². The smallest absolute Gasteiger partial charge is 0.238 e. The van der Waals surface area contributed by atoms with Crippen LogP contribution < -0.4 is 4.90 Å². The first-order valence-corrected chi connectivity index (χ1v) is 11.1. The van der Waals surface area contributed by atoms with E-state index in [9.17, 15) is 4.79 Å². The van der Waals surface area contributed by atoms with E-state index in [1.807, 2.05) is 55.7 Å². The molecule has 7 heteroatoms. The number of nitrogens with zero attached hydrogens (tertiary/aromatic N) is 5. The third-order valence-electron chi connectivity index (χ3n) is 6.73. The fourth-order valence-corrected chi connectivity index (χ4v) is 4.90. The molecule has 0 spiro atoms. The van der Waals surface area contributed by atoms with Gasteiger partial charge in [-0.1, -0.05) is 19.9 Å². The van der Waals surface area contributed by atoms with E-state index in [2.05, 4.69) is 22.1 Å². The van der Waals surface area contributed by atoms with Crippen molar-refractivity contribution >= 4 is 17.3 Å². The highest BCUT2D eigenvalue weighted by atomic mass is 16.5. The lowest BCUT2D eigenvalue weighted by Gasteiger charge is -2.28. The fourth-order valence-electron chi connectivity index (χ4n) is 4.90. The average molecular weight is 420 g/mol. The van der Waals surface area contributed by atoms with Gasteiger partial charge in [-0.15, -0.1) is 0 Å². The van der Waals surface area contributed by atoms with Crippen LogP contribution in [0.3, 0.4) is 0 Å². The van der Waals surface area contributed by atoms with Gasteiger partial charge in [0.25, 0.3) is 0 Å². The molecule has 0 radical (unpaired) electrons. The Labute approximate surface area is 182 Å². The summed E-state index contributed by atoms with van der Waals surface area (Å²) >= 11 is 0. The number of anilines is 1. The highest BCUT2D eigenvalue weighted by molar-refractivity contribution is 6.04. The van der Waals surface area contributed by atoms with Gasteiger partial charge in [0.05, 0.1) is 11.1 Å². The summed E-state index contributed by atoms with van der Waals surface area (Å²) in [5.41, 5.74) is 3.43. The fraction of sp³-hybridized carbons (Fsp3) is 0.500. The first-order chi connectivity index (χ1) is 14.9. The van der Waals surface area contributed by atoms with Gasteiger partial charge < -0.3 is 4.74 Å². The molecule has 1 aliphatic carbocycles. The van der Waals surface area contributed by atoms with Crippen molar-refractivity contribution in [2.24, 2.45) is 11.3 Å². The molecule has 2 aromatic rings. The maximum atomic E-state index is 13.7. The minimum atomic E-state index is -0.492. The molecule has 2 unspecified atom stereocenters. The zero-order chi connectivity index (χ0) is 21.8. The highest BCUT2D eigenvalue weighted by Crippen LogP contribution is 2.51. The lowest BCUT2D eigenvalue weighted by molar-refractivity contribution is -0.125. The molecule has 31 heavy (non-hydrogen) atoms. The Morgan fingerprint density at radius 2 is 1.94 bits per heavy atom. The minimum Gasteiger partial charge on any atom is -0.356 e. The van der Waals surface area contributed by atoms with Gasteiger partial charge in [-0.3, -0.25) is 9.69 Å². The SMILES string of the molecule is Cc1cc(N2C(=O)C(C)(C)C3CC=C(c4cnc(C)nc4)C=C32)n(C2CCCCO2)n1. The van der Waals surface area contributed by atoms with Crippen molar-refractivity contribution in [2.75, 3.05) is 11.5 Å². The first-order valence-electron chi connectivity index (χ1n) is 11.1. The van der Waals surface area contributed by atoms with Crippen molar-refractivity contribution in [3.63, 3.8) is 0 Å². The molecule has 2 fully saturated rings. The van der Waals surface area contributed by atoms with Crippen LogP contribution in [0.25, 0.3) is 5.57 Å². The lowest BCUT2D eigenvalue weighted by Crippen LogP contribution is -2.33. The third-order valence-corrected chi connectivity index (χ3v) is 6.73. The van der Waals surface area contributed by atoms with E-state index in [-0.39, 0.29) is 18.1 Å². The van der Waals surface area contributed by atoms with Crippen LogP contribution in [0.15, 0.2) is 36.3 Å². The number of hydrogen-bond acceptors (Lipinski definition) is 5. The monoisotopic (exact) mass is 419 g/mol. The van der Waals surface area contributed by atoms with Crippen LogP contribution in [0.1, 0.15) is 62.8 Å². The summed E-state index contributed by atoms with van der Waals surface area (Å²) in [5.74, 6) is 1.77. The van der Waals surface area contributed by atoms with Crippen LogP contribution in [-0.2, 0) is 9.53 Å². The van der Waals surface area contributed by atoms with Crippen molar-refractivity contribution in [3.05, 3.63) is 53.4 Å². The van der Waals surface area contributed by atoms with E-state index in [1.165, 1.54) is 0 Å². The molecule has 2 aromatic heterocycles. The highest BCUT2D eigenvalue weighted by Gasteiger charge is 2.52. The second kappa shape index (κ2) is 7.41. The lowest BCUT2D eigenvalue weighted by atomic mass is 9.75. The Balaban J connectivity index is 1.59. The Morgan fingerprint density at radius 3 is 2.65 bits per heavy atom. The number of amides is 1. The molecule has 2 aliphatic heterocycles. The maximum Gasteiger partial charge on any atom is 0.238 e. The molecule has 0 saturated carbocycles. The predicted molar refractivity (Wildman–Crippen MR) is 118 cm³/mol. The van der Waals surface area contributed by atoms with Crippen LogP contribution >= 0.6 is 0 Å². The number of ether oxygens (including phenoxy) is 1. The molecule has 0 aromatic carbocycles. The van der Waals surface area contributed by atoms with Gasteiger partial charge in [-0.25, -0.2) is 14.6 Å². The molecule has 4 heterocycles. The Bertz CT molecular complexity index is 1070. The summed E-state index contributed by atoms with van der Waals surface area (Å²) in [4.78, 5) is 24.3. The molecule has 0 bridgehead atoms. The summed E-state index contributed by atoms with van der Waals surface area (Å²) in [6, 6.07) is 2.00. The normalized spacial score (nSPS) is 25.3. The van der Waals surface area contributed by atoms with Crippen LogP contribution in [-0.4, -0.2) is 32.3 Å². The van der Waals surface area contributed by atoms with Crippen molar-refractivity contribution in [2.45, 2.75) is 59.6 Å². The molecule has 2 atom stereocenters. The number of carbonyl (C=O) groups excluding carboxylic acids is 1. The van der Waals surface area contributed by atoms with Crippen molar-refractivity contribution < 1.29 is 9.53 Å². The van der Waals surface area contributed by atoms with E-state index in [4.69, 9.17) is 9.84 Å². The summed E-state index contributed by atoms with van der Waals surface area (Å²) in [6.07, 6.45) is 11.8. The topological polar surface area (TPSA) is 73.1 Å². The van der Waals surface area contributed by atoms with Crippen LogP contribution in [0.5, 0.6) is 0 Å². The summed E-state index contributed by atoms with van der Waals surface area (Å²) in [6.45, 7) is 8.67. The van der Waals surface area contributed by atoms with Crippen molar-refractivity contribution in [1.29, 1.82) is 0 Å². The molecule has 7 nitrogen and oxygen atoms in total. The van der Waals surface area contributed by atoms with Crippen LogP contribution in [0.2, 0.25) is 0 Å². The summed E-state index contributed by atoms with van der Waals surface area (Å²) in [7, 11) is 0. The number of allylic oxidation sites excluding steroid dienone is 4. The molecule has 162 valence electrons. The van der Waals surface area contributed by atoms with Gasteiger partial charge >= 0.3 is 0 Å². The number of carbonyl (C=O) groups is 1. The Kier molecular flexibility index (Phi) is 4.81. The van der Waals surface area contributed by atoms with Gasteiger partial charge in [0.15, 0.2) is 6.23 Å². The Morgan fingerprint density at radius 1 is 1.16 bits per heavy atom. The van der Waals surface area contributed by atoms with E-state index in [0.717, 1.165) is 66.5 Å². The van der Waals surface area contributed by atoms with Gasteiger partial charge in [-0.05, 0) is 51.2 Å². The maximum absolute atomic E-state index is 13.7. The quantitative estimate of drug-likeness (QED) is 0.740. The summed E-state index contributed by atoms with van der Waals surface area (Å²) in [5, 5.41) is 4.72. The molecule has 5 rings (SSSR count). The first kappa shape index (κ1) is 20.1. The molecule has 1 amide bonds. The second-order valence-electron chi connectivity index (χ2n) is 9.31. The van der Waals surface area contributed by atoms with Gasteiger partial charge in [0.2, 0.25) is 5.91 Å². The number of fused-ring (bicyclic) bond motifs is 1. The van der Waals surface area contributed by atoms with Crippen molar-refractivity contribution in [1.82, 2.24) is 19.7 Å². The van der Waals surface area contributed by atoms with E-state index in [0.29, 0.717) is 0 Å². The number of aromatic nitrogens is 4. The molecule has 2 saturated heterocycles. The number of hydrogen-bond donors (Lipinski definition) is 0. The third kappa shape index (κ3) is 3.31. The van der Waals surface area contributed by atoms with Crippen LogP contribution in [0.4, 0.5) is 5.82 Å². The zero-order valence-corrected chi connectivity index (χ0v) is 18.6. The molecular weight excluding hydrogens is 390 g/mol. The predicted octanol–water partition coefficient (Wildman–Crippen LogP) is 4.35. The molecular formula is C24H29N5O2. The second-order valence-corrected chi connectivity index (χ2v) is 9.31. The number of aryl methyl sites for hydroxylation is 2. The molecule has 3 aliphatic rings. The zero-order valence-electron chi connectivity index (χ0n) is 18.6. The van der Waals surface area contributed by atoms with Gasteiger partial charge in [0.1, 0.15) is 11.6 Å². The van der Waals surface area contributed by atoms with E-state index >= 15 is 0 Å². The van der Waals surface area contributed by atoms with Gasteiger partial charge in [0, 0.05) is 42.2 Å². The van der Waals surface area contributed by atoms with Gasteiger partial charge in [-0.2, -0.15) is 5.10 Å². The van der Waals surface area contributed by atoms with Crippen LogP contribution in [0, 0.1) is 25.2 Å². The largest absolute Gasteiger partial charge is 0.356 e. The summed E-state index contributed by atoms with van der Waals surface area (Å²) < 4.78 is 7.93. The van der Waals surface area contributed by atoms with E-state index < -0.39 is 5.41 Å². The van der Waals surface area contributed by atoms with Crippen molar-refractivity contribution in [3.8, 4) is 0 Å². The average Bonchev–Trinajstić information content (AvgIpc) is 3.24. The number of rotatable bonds is 3. The standard InChI is InChI=1S/C24H29N5O2/c1-15-11-21(29(27-15)22-7-5-6-10-31-22)28-20-12-17(18-13-25-16(2)26-14-18)8-9-19(20)24(3,4)23(28)30/h8,11-14,19,22H,5-7,9-10H2,1-4H3.